The molecule has 2 rings (SSSR count). The number of benzene rings is 1. The molecule has 21 heavy (non-hydrogen) atoms. The molecule has 1 saturated carbocycles. The van der Waals surface area contributed by atoms with Crippen molar-refractivity contribution in [1.82, 2.24) is 5.32 Å². The van der Waals surface area contributed by atoms with Crippen molar-refractivity contribution in [2.45, 2.75) is 71.3 Å². The molecule has 1 aliphatic rings. The Kier molecular flexibility index (Phi) is 5.08. The Hall–Kier alpha value is -1.31. The van der Waals surface area contributed by atoms with E-state index in [1.165, 1.54) is 24.8 Å². The number of hydrogen-bond acceptors (Lipinski definition) is 1. The molecule has 1 aromatic carbocycles. The van der Waals surface area contributed by atoms with Gasteiger partial charge >= 0.3 is 0 Å². The molecule has 0 bridgehead atoms. The van der Waals surface area contributed by atoms with E-state index in [2.05, 4.69) is 45.1 Å². The van der Waals surface area contributed by atoms with E-state index in [1.54, 1.807) is 0 Å². The molecular formula is C19H29NO. The highest BCUT2D eigenvalue weighted by molar-refractivity contribution is 5.94. The van der Waals surface area contributed by atoms with Gasteiger partial charge in [0.25, 0.3) is 5.91 Å². The SMILES string of the molecule is CC1CCCC(C)(NC(=O)c2ccc(C(C)C)cc2)CC1. The van der Waals surface area contributed by atoms with Gasteiger partial charge in [-0.3, -0.25) is 4.79 Å². The van der Waals surface area contributed by atoms with Crippen molar-refractivity contribution >= 4 is 5.91 Å². The monoisotopic (exact) mass is 287 g/mol. The molecule has 0 aromatic heterocycles. The van der Waals surface area contributed by atoms with Crippen LogP contribution in [0.25, 0.3) is 0 Å². The summed E-state index contributed by atoms with van der Waals surface area (Å²) in [6.07, 6.45) is 5.89. The molecule has 0 spiro atoms. The van der Waals surface area contributed by atoms with E-state index in [1.807, 2.05) is 12.1 Å². The molecule has 2 unspecified atom stereocenters. The van der Waals surface area contributed by atoms with Crippen LogP contribution in [0.4, 0.5) is 0 Å². The lowest BCUT2D eigenvalue weighted by Crippen LogP contribution is -2.45. The van der Waals surface area contributed by atoms with E-state index < -0.39 is 0 Å². The Labute approximate surface area is 129 Å². The van der Waals surface area contributed by atoms with E-state index >= 15 is 0 Å². The van der Waals surface area contributed by atoms with Crippen LogP contribution in [0.5, 0.6) is 0 Å². The molecule has 1 aliphatic carbocycles. The lowest BCUT2D eigenvalue weighted by Gasteiger charge is -2.29. The fourth-order valence-electron chi connectivity index (χ4n) is 3.17. The van der Waals surface area contributed by atoms with Crippen LogP contribution in [0.2, 0.25) is 0 Å². The minimum Gasteiger partial charge on any atom is -0.347 e. The zero-order valence-electron chi connectivity index (χ0n) is 13.9. The number of carbonyl (C=O) groups is 1. The Bertz CT molecular complexity index is 477. The Balaban J connectivity index is 2.03. The molecular weight excluding hydrogens is 258 g/mol. The predicted octanol–water partition coefficient (Wildman–Crippen LogP) is 4.90. The summed E-state index contributed by atoms with van der Waals surface area (Å²) < 4.78 is 0. The number of carbonyl (C=O) groups excluding carboxylic acids is 1. The van der Waals surface area contributed by atoms with Crippen molar-refractivity contribution in [1.29, 1.82) is 0 Å². The van der Waals surface area contributed by atoms with E-state index in [-0.39, 0.29) is 11.4 Å². The lowest BCUT2D eigenvalue weighted by atomic mass is 9.91. The van der Waals surface area contributed by atoms with Gasteiger partial charge < -0.3 is 5.32 Å². The highest BCUT2D eigenvalue weighted by Gasteiger charge is 2.29. The number of nitrogens with one attached hydrogen (secondary N) is 1. The van der Waals surface area contributed by atoms with Crippen LogP contribution < -0.4 is 5.32 Å². The Morgan fingerprint density at radius 2 is 1.86 bits per heavy atom. The highest BCUT2D eigenvalue weighted by Crippen LogP contribution is 2.30. The van der Waals surface area contributed by atoms with Gasteiger partial charge in [-0.25, -0.2) is 0 Å². The van der Waals surface area contributed by atoms with Crippen LogP contribution in [0.15, 0.2) is 24.3 Å². The van der Waals surface area contributed by atoms with Crippen molar-refractivity contribution in [3.8, 4) is 0 Å². The standard InChI is InChI=1S/C19H29NO/c1-14(2)16-7-9-17(10-8-16)18(21)20-19(4)12-5-6-15(3)11-13-19/h7-10,14-15H,5-6,11-13H2,1-4H3,(H,20,21). The van der Waals surface area contributed by atoms with Crippen molar-refractivity contribution in [3.05, 3.63) is 35.4 Å². The molecule has 1 N–H and O–H groups in total. The molecule has 0 radical (unpaired) electrons. The topological polar surface area (TPSA) is 29.1 Å². The first-order valence-corrected chi connectivity index (χ1v) is 8.32. The third-order valence-corrected chi connectivity index (χ3v) is 4.87. The van der Waals surface area contributed by atoms with Gasteiger partial charge in [0.15, 0.2) is 0 Å². The molecule has 2 atom stereocenters. The van der Waals surface area contributed by atoms with Crippen molar-refractivity contribution in [3.63, 3.8) is 0 Å². The fourth-order valence-corrected chi connectivity index (χ4v) is 3.17. The lowest BCUT2D eigenvalue weighted by molar-refractivity contribution is 0.0896. The second-order valence-corrected chi connectivity index (χ2v) is 7.33. The number of amides is 1. The van der Waals surface area contributed by atoms with E-state index in [0.717, 1.165) is 24.3 Å². The molecule has 2 nitrogen and oxygen atoms in total. The van der Waals surface area contributed by atoms with Gasteiger partial charge in [-0.2, -0.15) is 0 Å². The van der Waals surface area contributed by atoms with Gasteiger partial charge in [0.2, 0.25) is 0 Å². The molecule has 2 heteroatoms. The van der Waals surface area contributed by atoms with Crippen molar-refractivity contribution < 1.29 is 4.79 Å². The molecule has 1 fully saturated rings. The van der Waals surface area contributed by atoms with Crippen LogP contribution in [-0.2, 0) is 0 Å². The summed E-state index contributed by atoms with van der Waals surface area (Å²) in [4.78, 5) is 12.5. The van der Waals surface area contributed by atoms with Crippen LogP contribution in [-0.4, -0.2) is 11.4 Å². The Morgan fingerprint density at radius 1 is 1.19 bits per heavy atom. The molecule has 116 valence electrons. The summed E-state index contributed by atoms with van der Waals surface area (Å²) in [6.45, 7) is 8.86. The molecule has 1 amide bonds. The summed E-state index contributed by atoms with van der Waals surface area (Å²) in [7, 11) is 0. The normalized spacial score (nSPS) is 26.4. The number of hydrogen-bond donors (Lipinski definition) is 1. The van der Waals surface area contributed by atoms with Crippen LogP contribution in [0.1, 0.15) is 81.6 Å². The maximum atomic E-state index is 12.5. The van der Waals surface area contributed by atoms with Crippen LogP contribution in [0.3, 0.4) is 0 Å². The second kappa shape index (κ2) is 6.64. The Morgan fingerprint density at radius 3 is 2.48 bits per heavy atom. The first kappa shape index (κ1) is 16.1. The molecule has 0 aliphatic heterocycles. The van der Waals surface area contributed by atoms with Crippen LogP contribution >= 0.6 is 0 Å². The highest BCUT2D eigenvalue weighted by atomic mass is 16.1. The minimum absolute atomic E-state index is 0.0431. The maximum Gasteiger partial charge on any atom is 0.251 e. The predicted molar refractivity (Wildman–Crippen MR) is 88.7 cm³/mol. The summed E-state index contributed by atoms with van der Waals surface area (Å²) in [5, 5.41) is 3.28. The third-order valence-electron chi connectivity index (χ3n) is 4.87. The van der Waals surface area contributed by atoms with Crippen LogP contribution in [0, 0.1) is 5.92 Å². The van der Waals surface area contributed by atoms with E-state index in [4.69, 9.17) is 0 Å². The molecule has 0 saturated heterocycles. The average Bonchev–Trinajstić information content (AvgIpc) is 2.61. The quantitative estimate of drug-likeness (QED) is 0.787. The summed E-state index contributed by atoms with van der Waals surface area (Å²) >= 11 is 0. The zero-order chi connectivity index (χ0) is 15.5. The van der Waals surface area contributed by atoms with Gasteiger partial charge in [0.1, 0.15) is 0 Å². The van der Waals surface area contributed by atoms with E-state index in [9.17, 15) is 4.79 Å². The summed E-state index contributed by atoms with van der Waals surface area (Å²) in [6, 6.07) is 8.04. The van der Waals surface area contributed by atoms with Gasteiger partial charge in [-0.15, -0.1) is 0 Å². The molecule has 0 heterocycles. The molecule has 1 aromatic rings. The van der Waals surface area contributed by atoms with Crippen molar-refractivity contribution in [2.75, 3.05) is 0 Å². The smallest absolute Gasteiger partial charge is 0.251 e. The number of rotatable bonds is 3. The zero-order valence-corrected chi connectivity index (χ0v) is 13.9. The summed E-state index contributed by atoms with van der Waals surface area (Å²) in [5.41, 5.74) is 2.01. The van der Waals surface area contributed by atoms with Crippen molar-refractivity contribution in [2.24, 2.45) is 5.92 Å². The fraction of sp³-hybridized carbons (Fsp3) is 0.632. The first-order chi connectivity index (χ1) is 9.89. The van der Waals surface area contributed by atoms with E-state index in [0.29, 0.717) is 5.92 Å². The largest absolute Gasteiger partial charge is 0.347 e. The maximum absolute atomic E-state index is 12.5. The minimum atomic E-state index is -0.0431. The van der Waals surface area contributed by atoms with Gasteiger partial charge in [0.05, 0.1) is 0 Å². The van der Waals surface area contributed by atoms with Gasteiger partial charge in [-0.05, 0) is 55.7 Å². The first-order valence-electron chi connectivity index (χ1n) is 8.32. The van der Waals surface area contributed by atoms with Gasteiger partial charge in [-0.1, -0.05) is 45.7 Å². The average molecular weight is 287 g/mol. The summed E-state index contributed by atoms with van der Waals surface area (Å²) in [5.74, 6) is 1.36. The second-order valence-electron chi connectivity index (χ2n) is 7.33. The third kappa shape index (κ3) is 4.33. The van der Waals surface area contributed by atoms with Gasteiger partial charge in [0, 0.05) is 11.1 Å².